The highest BCUT2D eigenvalue weighted by atomic mass is 16.6. The van der Waals surface area contributed by atoms with E-state index in [-0.39, 0.29) is 0 Å². The molecule has 0 bridgehead atoms. The fourth-order valence-corrected chi connectivity index (χ4v) is 1.61. The molecule has 0 heterocycles. The minimum atomic E-state index is 0.305. The molecule has 1 rings (SSSR count). The first-order valence-corrected chi connectivity index (χ1v) is 6.01. The lowest BCUT2D eigenvalue weighted by atomic mass is 10.1. The van der Waals surface area contributed by atoms with Crippen LogP contribution in [0.1, 0.15) is 31.2 Å². The van der Waals surface area contributed by atoms with E-state index in [1.165, 1.54) is 25.5 Å². The molecule has 4 heteroatoms. The highest BCUT2D eigenvalue weighted by Gasteiger charge is 1.95. The second-order valence-corrected chi connectivity index (χ2v) is 3.92. The molecule has 4 nitrogen and oxygen atoms in total. The average molecular weight is 236 g/mol. The van der Waals surface area contributed by atoms with Crippen molar-refractivity contribution in [3.05, 3.63) is 29.8 Å². The van der Waals surface area contributed by atoms with Crippen LogP contribution in [0.25, 0.3) is 0 Å². The zero-order valence-electron chi connectivity index (χ0n) is 10.3. The number of unbranched alkanes of at least 4 members (excludes halogenated alkanes) is 3. The van der Waals surface area contributed by atoms with Crippen LogP contribution < -0.4 is 0 Å². The van der Waals surface area contributed by atoms with Gasteiger partial charge in [0.1, 0.15) is 7.11 Å². The van der Waals surface area contributed by atoms with Crippen molar-refractivity contribution in [2.45, 2.75) is 32.1 Å². The SMILES string of the molecule is CON=Nc1ccc(CCCCCCO)cc1. The number of hydrogen-bond donors (Lipinski definition) is 1. The molecule has 0 aliphatic rings. The van der Waals surface area contributed by atoms with E-state index in [1.54, 1.807) is 0 Å². The molecule has 0 aromatic heterocycles. The van der Waals surface area contributed by atoms with E-state index in [0.29, 0.717) is 6.61 Å². The largest absolute Gasteiger partial charge is 0.396 e. The van der Waals surface area contributed by atoms with Gasteiger partial charge in [-0.1, -0.05) is 25.0 Å². The number of aliphatic hydroxyl groups excluding tert-OH is 1. The number of benzene rings is 1. The quantitative estimate of drug-likeness (QED) is 0.427. The van der Waals surface area contributed by atoms with Gasteiger partial charge in [0, 0.05) is 11.9 Å². The van der Waals surface area contributed by atoms with Crippen LogP contribution in [-0.2, 0) is 11.3 Å². The van der Waals surface area contributed by atoms with E-state index in [1.807, 2.05) is 12.1 Å². The maximum atomic E-state index is 8.65. The van der Waals surface area contributed by atoms with Gasteiger partial charge in [-0.2, -0.15) is 0 Å². The maximum Gasteiger partial charge on any atom is 0.108 e. The Balaban J connectivity index is 2.28. The smallest absolute Gasteiger partial charge is 0.108 e. The normalized spacial score (nSPS) is 10.9. The van der Waals surface area contributed by atoms with E-state index < -0.39 is 0 Å². The summed E-state index contributed by atoms with van der Waals surface area (Å²) in [6.45, 7) is 0.305. The Kier molecular flexibility index (Phi) is 6.98. The zero-order chi connectivity index (χ0) is 12.3. The third kappa shape index (κ3) is 6.02. The molecule has 1 N–H and O–H groups in total. The van der Waals surface area contributed by atoms with E-state index in [0.717, 1.165) is 24.9 Å². The molecule has 0 amide bonds. The summed E-state index contributed by atoms with van der Waals surface area (Å²) in [7, 11) is 1.48. The van der Waals surface area contributed by atoms with Gasteiger partial charge in [-0.15, -0.1) is 5.11 Å². The Hall–Kier alpha value is -1.42. The second-order valence-electron chi connectivity index (χ2n) is 3.92. The Morgan fingerprint density at radius 1 is 1.06 bits per heavy atom. The Bertz CT molecular complexity index is 323. The van der Waals surface area contributed by atoms with Gasteiger partial charge >= 0.3 is 0 Å². The maximum absolute atomic E-state index is 8.65. The fraction of sp³-hybridized carbons (Fsp3) is 0.538. The summed E-state index contributed by atoms with van der Waals surface area (Å²) in [6.07, 6.45) is 5.44. The fourth-order valence-electron chi connectivity index (χ4n) is 1.61. The van der Waals surface area contributed by atoms with Crippen molar-refractivity contribution in [3.63, 3.8) is 0 Å². The lowest BCUT2D eigenvalue weighted by molar-refractivity contribution is 0.190. The van der Waals surface area contributed by atoms with E-state index >= 15 is 0 Å². The molecule has 0 aliphatic carbocycles. The summed E-state index contributed by atoms with van der Waals surface area (Å²) in [5.41, 5.74) is 2.11. The van der Waals surface area contributed by atoms with E-state index in [2.05, 4.69) is 27.4 Å². The first kappa shape index (κ1) is 13.6. The van der Waals surface area contributed by atoms with Gasteiger partial charge in [0.25, 0.3) is 0 Å². The summed E-state index contributed by atoms with van der Waals surface area (Å²) in [4.78, 5) is 4.52. The van der Waals surface area contributed by atoms with Gasteiger partial charge in [-0.3, -0.25) is 0 Å². The molecule has 0 aliphatic heterocycles. The van der Waals surface area contributed by atoms with Crippen molar-refractivity contribution in [2.75, 3.05) is 13.7 Å². The molecule has 0 unspecified atom stereocenters. The van der Waals surface area contributed by atoms with Crippen LogP contribution in [0.2, 0.25) is 0 Å². The number of nitrogens with zero attached hydrogens (tertiary/aromatic N) is 2. The van der Waals surface area contributed by atoms with Crippen LogP contribution >= 0.6 is 0 Å². The van der Waals surface area contributed by atoms with Crippen molar-refractivity contribution in [2.24, 2.45) is 10.4 Å². The van der Waals surface area contributed by atoms with Crippen LogP contribution in [0.4, 0.5) is 5.69 Å². The van der Waals surface area contributed by atoms with Crippen LogP contribution in [0.15, 0.2) is 34.7 Å². The van der Waals surface area contributed by atoms with Crippen molar-refractivity contribution in [1.29, 1.82) is 0 Å². The highest BCUT2D eigenvalue weighted by molar-refractivity contribution is 5.37. The molecule has 94 valence electrons. The number of rotatable bonds is 8. The van der Waals surface area contributed by atoms with Crippen LogP contribution in [0.3, 0.4) is 0 Å². The van der Waals surface area contributed by atoms with Crippen LogP contribution in [0, 0.1) is 0 Å². The van der Waals surface area contributed by atoms with Crippen LogP contribution in [-0.4, -0.2) is 18.8 Å². The average Bonchev–Trinajstić information content (AvgIpc) is 2.37. The summed E-state index contributed by atoms with van der Waals surface area (Å²) in [5, 5.41) is 16.0. The molecular weight excluding hydrogens is 216 g/mol. The predicted molar refractivity (Wildman–Crippen MR) is 67.2 cm³/mol. The van der Waals surface area contributed by atoms with Gasteiger partial charge in [-0.25, -0.2) is 0 Å². The van der Waals surface area contributed by atoms with Gasteiger partial charge in [0.2, 0.25) is 0 Å². The number of hydrogen-bond acceptors (Lipinski definition) is 4. The van der Waals surface area contributed by atoms with Gasteiger partial charge < -0.3 is 9.94 Å². The Morgan fingerprint density at radius 3 is 2.41 bits per heavy atom. The lowest BCUT2D eigenvalue weighted by Crippen LogP contribution is -1.87. The van der Waals surface area contributed by atoms with E-state index in [9.17, 15) is 0 Å². The van der Waals surface area contributed by atoms with Gasteiger partial charge in [0.05, 0.1) is 5.69 Å². The monoisotopic (exact) mass is 236 g/mol. The Morgan fingerprint density at radius 2 is 1.76 bits per heavy atom. The number of aliphatic hydroxyl groups is 1. The molecule has 0 atom stereocenters. The van der Waals surface area contributed by atoms with Gasteiger partial charge in [-0.05, 0) is 37.0 Å². The lowest BCUT2D eigenvalue weighted by Gasteiger charge is -2.01. The topological polar surface area (TPSA) is 54.2 Å². The molecule has 0 saturated carbocycles. The minimum absolute atomic E-state index is 0.305. The molecule has 1 aromatic rings. The first-order chi connectivity index (χ1) is 8.36. The minimum Gasteiger partial charge on any atom is -0.396 e. The zero-order valence-corrected chi connectivity index (χ0v) is 10.3. The predicted octanol–water partition coefficient (Wildman–Crippen LogP) is 3.43. The molecule has 0 saturated heterocycles. The van der Waals surface area contributed by atoms with Gasteiger partial charge in [0.15, 0.2) is 0 Å². The van der Waals surface area contributed by atoms with Crippen molar-refractivity contribution < 1.29 is 9.94 Å². The Labute approximate surface area is 102 Å². The molecule has 0 spiro atoms. The molecule has 0 fully saturated rings. The second kappa shape index (κ2) is 8.70. The van der Waals surface area contributed by atoms with E-state index in [4.69, 9.17) is 5.11 Å². The standard InChI is InChI=1S/C13H20N2O2/c1-17-15-14-13-9-7-12(8-10-13)6-4-2-3-5-11-16/h7-10,16H,2-6,11H2,1H3. The molecule has 17 heavy (non-hydrogen) atoms. The first-order valence-electron chi connectivity index (χ1n) is 6.01. The summed E-state index contributed by atoms with van der Waals surface area (Å²) in [5.74, 6) is 0. The molecular formula is C13H20N2O2. The van der Waals surface area contributed by atoms with Crippen LogP contribution in [0.5, 0.6) is 0 Å². The molecule has 1 aromatic carbocycles. The third-order valence-corrected chi connectivity index (χ3v) is 2.55. The molecule has 0 radical (unpaired) electrons. The van der Waals surface area contributed by atoms with Crippen molar-refractivity contribution in [3.8, 4) is 0 Å². The third-order valence-electron chi connectivity index (χ3n) is 2.55. The highest BCUT2D eigenvalue weighted by Crippen LogP contribution is 2.15. The summed E-state index contributed by atoms with van der Waals surface area (Å²) < 4.78 is 0. The van der Waals surface area contributed by atoms with Crippen molar-refractivity contribution in [1.82, 2.24) is 0 Å². The summed E-state index contributed by atoms with van der Waals surface area (Å²) in [6, 6.07) is 8.00. The summed E-state index contributed by atoms with van der Waals surface area (Å²) >= 11 is 0. The van der Waals surface area contributed by atoms with Crippen molar-refractivity contribution >= 4 is 5.69 Å². The number of aryl methyl sites for hydroxylation is 1.